The zero-order valence-electron chi connectivity index (χ0n) is 17.3. The highest BCUT2D eigenvalue weighted by Crippen LogP contribution is 2.34. The van der Waals surface area contributed by atoms with Gasteiger partial charge in [-0.05, 0) is 49.3 Å². The van der Waals surface area contributed by atoms with Crippen LogP contribution >= 0.6 is 0 Å². The molecule has 3 nitrogen and oxygen atoms in total. The lowest BCUT2D eigenvalue weighted by Crippen LogP contribution is -2.05. The van der Waals surface area contributed by atoms with Crippen molar-refractivity contribution in [2.75, 3.05) is 7.11 Å². The molecule has 0 atom stereocenters. The fourth-order valence-corrected chi connectivity index (χ4v) is 3.76. The first-order valence-electron chi connectivity index (χ1n) is 9.90. The molecule has 0 radical (unpaired) electrons. The Labute approximate surface area is 176 Å². The largest absolute Gasteiger partial charge is 0.496 e. The summed E-state index contributed by atoms with van der Waals surface area (Å²) in [5.41, 5.74) is 6.18. The van der Waals surface area contributed by atoms with E-state index in [4.69, 9.17) is 9.72 Å². The molecule has 0 amide bonds. The molecule has 0 spiro atoms. The summed E-state index contributed by atoms with van der Waals surface area (Å²) in [7, 11) is 1.63. The van der Waals surface area contributed by atoms with E-state index in [1.807, 2.05) is 68.4 Å². The Hall–Kier alpha value is -3.72. The third-order valence-corrected chi connectivity index (χ3v) is 5.18. The average molecular weight is 393 g/mol. The number of aromatic nitrogens is 1. The smallest absolute Gasteiger partial charge is 0.188 e. The molecule has 0 bridgehead atoms. The molecule has 0 saturated heterocycles. The second kappa shape index (κ2) is 8.34. The molecule has 0 aliphatic heterocycles. The Morgan fingerprint density at radius 1 is 0.933 bits per heavy atom. The van der Waals surface area contributed by atoms with E-state index in [1.165, 1.54) is 0 Å². The Bertz CT molecular complexity index is 1260. The summed E-state index contributed by atoms with van der Waals surface area (Å²) in [5.74, 6) is 0.654. The summed E-state index contributed by atoms with van der Waals surface area (Å²) >= 11 is 0. The van der Waals surface area contributed by atoms with Crippen molar-refractivity contribution < 1.29 is 9.53 Å². The molecule has 148 valence electrons. The van der Waals surface area contributed by atoms with Gasteiger partial charge < -0.3 is 4.74 Å². The minimum Gasteiger partial charge on any atom is -0.496 e. The number of aryl methyl sites for hydroxylation is 2. The molecule has 0 N–H and O–H groups in total. The molecule has 0 aliphatic rings. The number of hydrogen-bond donors (Lipinski definition) is 0. The molecule has 0 unspecified atom stereocenters. The van der Waals surface area contributed by atoms with Crippen LogP contribution in [-0.2, 0) is 0 Å². The van der Waals surface area contributed by atoms with Gasteiger partial charge in [-0.15, -0.1) is 0 Å². The molecule has 0 aliphatic carbocycles. The second-order valence-corrected chi connectivity index (χ2v) is 7.27. The number of allylic oxidation sites excluding steroid dienone is 1. The number of ketones is 1. The number of para-hydroxylation sites is 1. The normalized spacial score (nSPS) is 11.2. The Balaban J connectivity index is 1.90. The SMILES string of the molecule is COc1ccccc1C=CC(=O)c1c(C)nc2cc(C)ccc2c1-c1ccccc1. The first kappa shape index (κ1) is 19.6. The number of pyridine rings is 1. The predicted octanol–water partition coefficient (Wildman–Crippen LogP) is 6.42. The number of carbonyl (C=O) groups excluding carboxylic acids is 1. The van der Waals surface area contributed by atoms with Crippen LogP contribution < -0.4 is 4.74 Å². The lowest BCUT2D eigenvalue weighted by atomic mass is 9.91. The van der Waals surface area contributed by atoms with Crippen LogP contribution in [0.5, 0.6) is 5.75 Å². The quantitative estimate of drug-likeness (QED) is 0.290. The number of hydrogen-bond acceptors (Lipinski definition) is 3. The summed E-state index contributed by atoms with van der Waals surface area (Å²) in [5, 5.41) is 0.978. The Kier molecular flexibility index (Phi) is 5.44. The number of methoxy groups -OCH3 is 1. The maximum atomic E-state index is 13.4. The van der Waals surface area contributed by atoms with Crippen LogP contribution in [-0.4, -0.2) is 17.9 Å². The molecule has 1 aromatic heterocycles. The first-order chi connectivity index (χ1) is 14.6. The standard InChI is InChI=1S/C27H23NO2/c1-18-13-15-22-23(17-18)28-19(2)26(27(22)21-10-5-4-6-11-21)24(29)16-14-20-9-7-8-12-25(20)30-3/h4-17H,1-3H3. The fourth-order valence-electron chi connectivity index (χ4n) is 3.76. The van der Waals surface area contributed by atoms with Gasteiger partial charge in [-0.1, -0.05) is 60.7 Å². The highest BCUT2D eigenvalue weighted by Gasteiger charge is 2.19. The number of carbonyl (C=O) groups is 1. The number of benzene rings is 3. The lowest BCUT2D eigenvalue weighted by molar-refractivity contribution is 0.104. The van der Waals surface area contributed by atoms with Crippen LogP contribution in [0.4, 0.5) is 0 Å². The Morgan fingerprint density at radius 2 is 1.67 bits per heavy atom. The molecular formula is C27H23NO2. The summed E-state index contributed by atoms with van der Waals surface area (Å²) in [6.45, 7) is 3.95. The third-order valence-electron chi connectivity index (χ3n) is 5.18. The van der Waals surface area contributed by atoms with Crippen molar-refractivity contribution in [1.29, 1.82) is 0 Å². The maximum Gasteiger partial charge on any atom is 0.188 e. The van der Waals surface area contributed by atoms with E-state index in [1.54, 1.807) is 19.3 Å². The van der Waals surface area contributed by atoms with E-state index in [9.17, 15) is 4.79 Å². The summed E-state index contributed by atoms with van der Waals surface area (Å²) in [4.78, 5) is 18.1. The third kappa shape index (κ3) is 3.74. The number of rotatable bonds is 5. The fraction of sp³-hybridized carbons (Fsp3) is 0.111. The predicted molar refractivity (Wildman–Crippen MR) is 123 cm³/mol. The minimum atomic E-state index is -0.0766. The van der Waals surface area contributed by atoms with Gasteiger partial charge in [0.15, 0.2) is 5.78 Å². The van der Waals surface area contributed by atoms with E-state index in [0.717, 1.165) is 44.6 Å². The zero-order valence-corrected chi connectivity index (χ0v) is 17.3. The monoisotopic (exact) mass is 393 g/mol. The van der Waals surface area contributed by atoms with Gasteiger partial charge >= 0.3 is 0 Å². The molecule has 1 heterocycles. The van der Waals surface area contributed by atoms with Crippen molar-refractivity contribution >= 4 is 22.8 Å². The van der Waals surface area contributed by atoms with Gasteiger partial charge in [-0.25, -0.2) is 0 Å². The van der Waals surface area contributed by atoms with E-state index in [0.29, 0.717) is 5.56 Å². The summed E-state index contributed by atoms with van der Waals surface area (Å²) in [6, 6.07) is 23.8. The zero-order chi connectivity index (χ0) is 21.1. The van der Waals surface area contributed by atoms with Gasteiger partial charge in [0.1, 0.15) is 5.75 Å². The van der Waals surface area contributed by atoms with Crippen LogP contribution in [0.2, 0.25) is 0 Å². The molecular weight excluding hydrogens is 370 g/mol. The molecule has 3 aromatic carbocycles. The van der Waals surface area contributed by atoms with Gasteiger partial charge in [-0.3, -0.25) is 9.78 Å². The van der Waals surface area contributed by atoms with Crippen molar-refractivity contribution in [2.24, 2.45) is 0 Å². The highest BCUT2D eigenvalue weighted by molar-refractivity contribution is 6.16. The van der Waals surface area contributed by atoms with Crippen LogP contribution in [0.15, 0.2) is 78.9 Å². The van der Waals surface area contributed by atoms with E-state index in [-0.39, 0.29) is 5.78 Å². The average Bonchev–Trinajstić information content (AvgIpc) is 2.77. The minimum absolute atomic E-state index is 0.0766. The number of nitrogens with zero attached hydrogens (tertiary/aromatic N) is 1. The molecule has 4 rings (SSSR count). The topological polar surface area (TPSA) is 39.2 Å². The molecule has 4 aromatic rings. The van der Waals surface area contributed by atoms with E-state index >= 15 is 0 Å². The Morgan fingerprint density at radius 3 is 2.43 bits per heavy atom. The molecule has 3 heteroatoms. The first-order valence-corrected chi connectivity index (χ1v) is 9.90. The molecule has 30 heavy (non-hydrogen) atoms. The van der Waals surface area contributed by atoms with Gasteiger partial charge in [0, 0.05) is 22.2 Å². The van der Waals surface area contributed by atoms with Crippen molar-refractivity contribution in [3.05, 3.63) is 101 Å². The van der Waals surface area contributed by atoms with Crippen molar-refractivity contribution in [3.63, 3.8) is 0 Å². The van der Waals surface area contributed by atoms with Crippen molar-refractivity contribution in [3.8, 4) is 16.9 Å². The molecule has 0 saturated carbocycles. The van der Waals surface area contributed by atoms with E-state index < -0.39 is 0 Å². The van der Waals surface area contributed by atoms with Crippen LogP contribution in [0.3, 0.4) is 0 Å². The highest BCUT2D eigenvalue weighted by atomic mass is 16.5. The summed E-state index contributed by atoms with van der Waals surface area (Å²) in [6.07, 6.45) is 3.41. The van der Waals surface area contributed by atoms with Crippen molar-refractivity contribution in [1.82, 2.24) is 4.98 Å². The molecule has 0 fully saturated rings. The van der Waals surface area contributed by atoms with Crippen LogP contribution in [0.1, 0.15) is 27.2 Å². The number of ether oxygens (including phenoxy) is 1. The van der Waals surface area contributed by atoms with Gasteiger partial charge in [-0.2, -0.15) is 0 Å². The van der Waals surface area contributed by atoms with Gasteiger partial charge in [0.25, 0.3) is 0 Å². The van der Waals surface area contributed by atoms with Crippen molar-refractivity contribution in [2.45, 2.75) is 13.8 Å². The van der Waals surface area contributed by atoms with Crippen LogP contribution in [0, 0.1) is 13.8 Å². The summed E-state index contributed by atoms with van der Waals surface area (Å²) < 4.78 is 5.39. The second-order valence-electron chi connectivity index (χ2n) is 7.27. The van der Waals surface area contributed by atoms with E-state index in [2.05, 4.69) is 18.2 Å². The van der Waals surface area contributed by atoms with Crippen LogP contribution in [0.25, 0.3) is 28.1 Å². The maximum absolute atomic E-state index is 13.4. The number of fused-ring (bicyclic) bond motifs is 1. The van der Waals surface area contributed by atoms with Gasteiger partial charge in [0.05, 0.1) is 18.2 Å². The lowest BCUT2D eigenvalue weighted by Gasteiger charge is -2.14. The van der Waals surface area contributed by atoms with Gasteiger partial charge in [0.2, 0.25) is 0 Å².